The van der Waals surface area contributed by atoms with Crippen molar-refractivity contribution in [2.45, 2.75) is 77.7 Å². The Bertz CT molecular complexity index is 941. The topological polar surface area (TPSA) is 56.8 Å². The third-order valence-corrected chi connectivity index (χ3v) is 6.69. The highest BCUT2D eigenvalue weighted by Gasteiger charge is 2.42. The Hall–Kier alpha value is -2.37. The molecular formula is C30H43NO4. The number of amides is 1. The lowest BCUT2D eigenvalue weighted by atomic mass is 9.70. The number of benzene rings is 2. The van der Waals surface area contributed by atoms with Crippen molar-refractivity contribution < 1.29 is 19.0 Å². The maximum atomic E-state index is 12.0. The van der Waals surface area contributed by atoms with E-state index in [0.29, 0.717) is 19.8 Å². The molecule has 1 aliphatic carbocycles. The summed E-state index contributed by atoms with van der Waals surface area (Å²) in [4.78, 5) is 12.0. The van der Waals surface area contributed by atoms with E-state index >= 15 is 0 Å². The number of aryl methyl sites for hydroxylation is 2. The largest absolute Gasteiger partial charge is 0.444 e. The van der Waals surface area contributed by atoms with Crippen LogP contribution in [-0.2, 0) is 19.6 Å². The minimum atomic E-state index is -0.480. The van der Waals surface area contributed by atoms with Gasteiger partial charge in [-0.3, -0.25) is 0 Å². The van der Waals surface area contributed by atoms with Gasteiger partial charge in [0.25, 0.3) is 0 Å². The molecule has 1 aliphatic rings. The number of methoxy groups -OCH3 is 1. The van der Waals surface area contributed by atoms with Gasteiger partial charge in [0.05, 0.1) is 13.2 Å². The third-order valence-electron chi connectivity index (χ3n) is 6.69. The highest BCUT2D eigenvalue weighted by molar-refractivity contribution is 5.81. The molecular weight excluding hydrogens is 438 g/mol. The van der Waals surface area contributed by atoms with Gasteiger partial charge in [-0.25, -0.2) is 4.79 Å². The van der Waals surface area contributed by atoms with Crippen molar-refractivity contribution >= 4 is 6.09 Å². The summed E-state index contributed by atoms with van der Waals surface area (Å²) < 4.78 is 16.3. The molecule has 2 aromatic carbocycles. The molecule has 0 unspecified atom stereocenters. The van der Waals surface area contributed by atoms with Crippen LogP contribution >= 0.6 is 0 Å². The second-order valence-electron chi connectivity index (χ2n) is 10.8. The van der Waals surface area contributed by atoms with Gasteiger partial charge in [-0.05, 0) is 82.6 Å². The summed E-state index contributed by atoms with van der Waals surface area (Å²) >= 11 is 0. The molecule has 192 valence electrons. The molecule has 0 spiro atoms. The van der Waals surface area contributed by atoms with E-state index in [1.54, 1.807) is 7.11 Å². The summed E-state index contributed by atoms with van der Waals surface area (Å²) in [6.45, 7) is 12.6. The second kappa shape index (κ2) is 12.0. The first-order chi connectivity index (χ1) is 16.7. The van der Waals surface area contributed by atoms with Crippen molar-refractivity contribution in [3.05, 3.63) is 58.7 Å². The first-order valence-electron chi connectivity index (χ1n) is 12.9. The van der Waals surface area contributed by atoms with Crippen LogP contribution in [0.1, 0.15) is 75.1 Å². The van der Waals surface area contributed by atoms with E-state index in [4.69, 9.17) is 14.2 Å². The number of fused-ring (bicyclic) bond motifs is 3. The SMILES string of the molecule is COCCOCCCC1(CCCCNC(=O)OC(C)(C)C)c2cc(C)ccc2-c2ccc(C)cc21. The fourth-order valence-electron chi connectivity index (χ4n) is 5.16. The van der Waals surface area contributed by atoms with Gasteiger partial charge in [-0.2, -0.15) is 0 Å². The van der Waals surface area contributed by atoms with Crippen LogP contribution in [-0.4, -0.2) is 45.2 Å². The second-order valence-corrected chi connectivity index (χ2v) is 10.8. The summed E-state index contributed by atoms with van der Waals surface area (Å²) in [5.41, 5.74) is 7.66. The molecule has 0 aliphatic heterocycles. The Balaban J connectivity index is 1.77. The van der Waals surface area contributed by atoms with E-state index in [2.05, 4.69) is 55.6 Å². The van der Waals surface area contributed by atoms with Gasteiger partial charge >= 0.3 is 6.09 Å². The van der Waals surface area contributed by atoms with Crippen LogP contribution in [0.25, 0.3) is 11.1 Å². The van der Waals surface area contributed by atoms with E-state index in [0.717, 1.165) is 38.7 Å². The van der Waals surface area contributed by atoms with Gasteiger partial charge in [0.1, 0.15) is 5.60 Å². The molecule has 0 heterocycles. The van der Waals surface area contributed by atoms with Gasteiger partial charge in [0.15, 0.2) is 0 Å². The zero-order valence-electron chi connectivity index (χ0n) is 22.5. The molecule has 35 heavy (non-hydrogen) atoms. The van der Waals surface area contributed by atoms with E-state index in [-0.39, 0.29) is 11.5 Å². The summed E-state index contributed by atoms with van der Waals surface area (Å²) in [6, 6.07) is 13.8. The molecule has 5 nitrogen and oxygen atoms in total. The minimum absolute atomic E-state index is 0.0424. The van der Waals surface area contributed by atoms with E-state index in [1.165, 1.54) is 33.4 Å². The van der Waals surface area contributed by atoms with Gasteiger partial charge in [0.2, 0.25) is 0 Å². The van der Waals surface area contributed by atoms with E-state index < -0.39 is 5.60 Å². The monoisotopic (exact) mass is 481 g/mol. The maximum Gasteiger partial charge on any atom is 0.407 e. The number of unbranched alkanes of at least 4 members (excludes halogenated alkanes) is 1. The fraction of sp³-hybridized carbons (Fsp3) is 0.567. The van der Waals surface area contributed by atoms with Crippen LogP contribution in [0.15, 0.2) is 36.4 Å². The maximum absolute atomic E-state index is 12.0. The standard InChI is InChI=1S/C30H43NO4/c1-22-10-12-24-25-13-11-23(2)21-27(25)30(26(24)20-22,15-9-17-34-19-18-33-6)14-7-8-16-31-28(32)35-29(3,4)5/h10-13,20-21H,7-9,14-19H2,1-6H3,(H,31,32). The molecule has 0 aromatic heterocycles. The van der Waals surface area contributed by atoms with Crippen molar-refractivity contribution in [1.29, 1.82) is 0 Å². The molecule has 3 rings (SSSR count). The van der Waals surface area contributed by atoms with Gasteiger partial charge in [-0.1, -0.05) is 53.9 Å². The zero-order valence-corrected chi connectivity index (χ0v) is 22.5. The average molecular weight is 482 g/mol. The predicted octanol–water partition coefficient (Wildman–Crippen LogP) is 6.71. The van der Waals surface area contributed by atoms with E-state index in [1.807, 2.05) is 20.8 Å². The molecule has 0 atom stereocenters. The molecule has 0 bridgehead atoms. The quantitative estimate of drug-likeness (QED) is 0.342. The molecule has 0 saturated heterocycles. The Kier molecular flexibility index (Phi) is 9.37. The molecule has 0 saturated carbocycles. The summed E-state index contributed by atoms with van der Waals surface area (Å²) in [5.74, 6) is 0. The molecule has 2 aromatic rings. The summed E-state index contributed by atoms with van der Waals surface area (Å²) in [7, 11) is 1.70. The van der Waals surface area contributed by atoms with Crippen molar-refractivity contribution in [2.24, 2.45) is 0 Å². The van der Waals surface area contributed by atoms with Crippen LogP contribution in [0.5, 0.6) is 0 Å². The lowest BCUT2D eigenvalue weighted by Gasteiger charge is -2.33. The number of carbonyl (C=O) groups excluding carboxylic acids is 1. The molecule has 1 amide bonds. The summed E-state index contributed by atoms with van der Waals surface area (Å²) in [5, 5.41) is 2.91. The van der Waals surface area contributed by atoms with Gasteiger partial charge in [0, 0.05) is 25.7 Å². The number of ether oxygens (including phenoxy) is 3. The molecule has 0 fully saturated rings. The molecule has 0 radical (unpaired) electrons. The Morgan fingerprint density at radius 3 is 2.03 bits per heavy atom. The highest BCUT2D eigenvalue weighted by Crippen LogP contribution is 2.54. The smallest absolute Gasteiger partial charge is 0.407 e. The van der Waals surface area contributed by atoms with Crippen molar-refractivity contribution in [3.63, 3.8) is 0 Å². The Morgan fingerprint density at radius 1 is 0.857 bits per heavy atom. The number of rotatable bonds is 12. The number of alkyl carbamates (subject to hydrolysis) is 1. The van der Waals surface area contributed by atoms with Crippen molar-refractivity contribution in [3.8, 4) is 11.1 Å². The predicted molar refractivity (Wildman–Crippen MR) is 142 cm³/mol. The first kappa shape index (κ1) is 27.2. The van der Waals surface area contributed by atoms with Crippen LogP contribution in [0.4, 0.5) is 4.79 Å². The van der Waals surface area contributed by atoms with Crippen molar-refractivity contribution in [2.75, 3.05) is 33.5 Å². The molecule has 1 N–H and O–H groups in total. The lowest BCUT2D eigenvalue weighted by Crippen LogP contribution is -2.33. The first-order valence-corrected chi connectivity index (χ1v) is 12.9. The third kappa shape index (κ3) is 7.08. The number of hydrogen-bond donors (Lipinski definition) is 1. The number of carbonyl (C=O) groups is 1. The zero-order chi connectivity index (χ0) is 25.5. The number of hydrogen-bond acceptors (Lipinski definition) is 4. The highest BCUT2D eigenvalue weighted by atomic mass is 16.6. The fourth-order valence-corrected chi connectivity index (χ4v) is 5.16. The van der Waals surface area contributed by atoms with Crippen molar-refractivity contribution in [1.82, 2.24) is 5.32 Å². The van der Waals surface area contributed by atoms with Gasteiger partial charge < -0.3 is 19.5 Å². The normalized spacial score (nSPS) is 13.9. The van der Waals surface area contributed by atoms with Crippen LogP contribution in [0, 0.1) is 13.8 Å². The summed E-state index contributed by atoms with van der Waals surface area (Å²) in [6.07, 6.45) is 4.64. The van der Waals surface area contributed by atoms with Crippen LogP contribution < -0.4 is 5.32 Å². The van der Waals surface area contributed by atoms with Crippen LogP contribution in [0.2, 0.25) is 0 Å². The Labute approximate surface area is 211 Å². The van der Waals surface area contributed by atoms with E-state index in [9.17, 15) is 4.79 Å². The number of nitrogens with one attached hydrogen (secondary N) is 1. The lowest BCUT2D eigenvalue weighted by molar-refractivity contribution is 0.0526. The minimum Gasteiger partial charge on any atom is -0.444 e. The Morgan fingerprint density at radius 2 is 1.46 bits per heavy atom. The molecule has 5 heteroatoms. The van der Waals surface area contributed by atoms with Crippen LogP contribution in [0.3, 0.4) is 0 Å². The average Bonchev–Trinajstić information content (AvgIpc) is 3.03. The van der Waals surface area contributed by atoms with Gasteiger partial charge in [-0.15, -0.1) is 0 Å².